The molecule has 1 fully saturated rings. The Morgan fingerprint density at radius 2 is 2.29 bits per heavy atom. The Labute approximate surface area is 121 Å². The number of hydrogen-bond donors (Lipinski definition) is 1. The van der Waals surface area contributed by atoms with Gasteiger partial charge in [0.15, 0.2) is 5.82 Å². The molecular weight excluding hydrogens is 274 g/mol. The first-order valence-corrected chi connectivity index (χ1v) is 6.81. The number of aryl methyl sites for hydroxylation is 1. The van der Waals surface area contributed by atoms with Crippen molar-refractivity contribution in [2.24, 2.45) is 0 Å². The lowest BCUT2D eigenvalue weighted by molar-refractivity contribution is 0.0326. The van der Waals surface area contributed by atoms with Crippen molar-refractivity contribution in [3.63, 3.8) is 0 Å². The van der Waals surface area contributed by atoms with E-state index in [0.29, 0.717) is 30.1 Å². The Bertz CT molecular complexity index is 603. The quantitative estimate of drug-likeness (QED) is 0.885. The third-order valence-electron chi connectivity index (χ3n) is 3.25. The molecule has 0 aromatic carbocycles. The van der Waals surface area contributed by atoms with Crippen LogP contribution in [0.5, 0.6) is 5.88 Å². The summed E-state index contributed by atoms with van der Waals surface area (Å²) >= 11 is 0. The van der Waals surface area contributed by atoms with Gasteiger partial charge in [-0.1, -0.05) is 5.16 Å². The number of hydrogen-bond acceptors (Lipinski definition) is 8. The highest BCUT2D eigenvalue weighted by Crippen LogP contribution is 2.31. The van der Waals surface area contributed by atoms with E-state index in [4.69, 9.17) is 14.0 Å². The average Bonchev–Trinajstić information content (AvgIpc) is 3.14. The van der Waals surface area contributed by atoms with E-state index in [0.717, 1.165) is 12.8 Å². The topological polar surface area (TPSA) is 95.2 Å². The maximum absolute atomic E-state index is 5.89. The Balaban J connectivity index is 1.53. The predicted molar refractivity (Wildman–Crippen MR) is 73.0 cm³/mol. The summed E-state index contributed by atoms with van der Waals surface area (Å²) < 4.78 is 16.1. The summed E-state index contributed by atoms with van der Waals surface area (Å²) in [7, 11) is 1.57. The number of rotatable bonds is 5. The second-order valence-corrected chi connectivity index (χ2v) is 4.81. The second-order valence-electron chi connectivity index (χ2n) is 4.81. The van der Waals surface area contributed by atoms with E-state index in [9.17, 15) is 0 Å². The van der Waals surface area contributed by atoms with Crippen molar-refractivity contribution in [3.05, 3.63) is 24.0 Å². The van der Waals surface area contributed by atoms with Crippen LogP contribution in [0.1, 0.15) is 30.7 Å². The SMILES string of the molecule is COc1ccnc(NC[C@H]2CC[C@@H](c3nc(C)no3)O2)n1. The van der Waals surface area contributed by atoms with Crippen LogP contribution in [0.3, 0.4) is 0 Å². The van der Waals surface area contributed by atoms with Crippen molar-refractivity contribution in [2.45, 2.75) is 32.0 Å². The van der Waals surface area contributed by atoms with Gasteiger partial charge in [-0.2, -0.15) is 9.97 Å². The van der Waals surface area contributed by atoms with E-state index in [1.807, 2.05) is 0 Å². The normalized spacial score (nSPS) is 21.4. The van der Waals surface area contributed by atoms with Crippen LogP contribution in [0, 0.1) is 6.92 Å². The minimum absolute atomic E-state index is 0.0667. The van der Waals surface area contributed by atoms with Crippen LogP contribution >= 0.6 is 0 Å². The zero-order valence-electron chi connectivity index (χ0n) is 11.9. The van der Waals surface area contributed by atoms with Crippen molar-refractivity contribution in [3.8, 4) is 5.88 Å². The Morgan fingerprint density at radius 3 is 3.05 bits per heavy atom. The molecule has 112 valence electrons. The Morgan fingerprint density at radius 1 is 1.38 bits per heavy atom. The number of nitrogens with zero attached hydrogens (tertiary/aromatic N) is 4. The van der Waals surface area contributed by atoms with Gasteiger partial charge in [0.05, 0.1) is 13.2 Å². The molecule has 1 N–H and O–H groups in total. The highest BCUT2D eigenvalue weighted by Gasteiger charge is 2.30. The molecule has 2 aromatic heterocycles. The first-order chi connectivity index (χ1) is 10.2. The van der Waals surface area contributed by atoms with Crippen molar-refractivity contribution >= 4 is 5.95 Å². The Hall–Kier alpha value is -2.22. The van der Waals surface area contributed by atoms with Gasteiger partial charge >= 0.3 is 0 Å². The fraction of sp³-hybridized carbons (Fsp3) is 0.538. The lowest BCUT2D eigenvalue weighted by Gasteiger charge is -2.12. The fourth-order valence-corrected chi connectivity index (χ4v) is 2.23. The van der Waals surface area contributed by atoms with Crippen molar-refractivity contribution in [1.82, 2.24) is 20.1 Å². The first-order valence-electron chi connectivity index (χ1n) is 6.81. The van der Waals surface area contributed by atoms with Gasteiger partial charge < -0.3 is 19.3 Å². The van der Waals surface area contributed by atoms with Crippen LogP contribution in [-0.4, -0.2) is 39.9 Å². The minimum atomic E-state index is -0.121. The maximum atomic E-state index is 5.89. The summed E-state index contributed by atoms with van der Waals surface area (Å²) in [6, 6.07) is 1.70. The molecule has 21 heavy (non-hydrogen) atoms. The van der Waals surface area contributed by atoms with Gasteiger partial charge in [-0.25, -0.2) is 4.98 Å². The third-order valence-corrected chi connectivity index (χ3v) is 3.25. The minimum Gasteiger partial charge on any atom is -0.481 e. The van der Waals surface area contributed by atoms with Crippen LogP contribution in [0.4, 0.5) is 5.95 Å². The molecule has 1 aliphatic heterocycles. The van der Waals surface area contributed by atoms with Crippen molar-refractivity contribution < 1.29 is 14.0 Å². The van der Waals surface area contributed by atoms with Gasteiger partial charge in [-0.15, -0.1) is 0 Å². The monoisotopic (exact) mass is 291 g/mol. The van der Waals surface area contributed by atoms with Crippen LogP contribution in [0.15, 0.2) is 16.8 Å². The summed E-state index contributed by atoms with van der Waals surface area (Å²) in [5.41, 5.74) is 0. The fourth-order valence-electron chi connectivity index (χ4n) is 2.23. The molecule has 0 unspecified atom stereocenters. The summed E-state index contributed by atoms with van der Waals surface area (Å²) in [6.45, 7) is 2.41. The van der Waals surface area contributed by atoms with E-state index in [2.05, 4.69) is 25.4 Å². The van der Waals surface area contributed by atoms with Crippen LogP contribution in [-0.2, 0) is 4.74 Å². The highest BCUT2D eigenvalue weighted by molar-refractivity contribution is 5.27. The summed E-state index contributed by atoms with van der Waals surface area (Å²) in [5.74, 6) is 2.22. The molecule has 0 spiro atoms. The number of methoxy groups -OCH3 is 1. The lowest BCUT2D eigenvalue weighted by Crippen LogP contribution is -2.20. The number of aromatic nitrogens is 4. The zero-order chi connectivity index (χ0) is 14.7. The number of ether oxygens (including phenoxy) is 2. The molecule has 3 heterocycles. The zero-order valence-corrected chi connectivity index (χ0v) is 11.9. The smallest absolute Gasteiger partial charge is 0.255 e. The second kappa shape index (κ2) is 6.04. The van der Waals surface area contributed by atoms with Gasteiger partial charge in [-0.3, -0.25) is 0 Å². The van der Waals surface area contributed by atoms with E-state index in [-0.39, 0.29) is 12.2 Å². The third kappa shape index (κ3) is 3.27. The van der Waals surface area contributed by atoms with Gasteiger partial charge in [0.2, 0.25) is 11.8 Å². The van der Waals surface area contributed by atoms with Crippen molar-refractivity contribution in [1.29, 1.82) is 0 Å². The maximum Gasteiger partial charge on any atom is 0.255 e. The van der Waals surface area contributed by atoms with Gasteiger partial charge in [0, 0.05) is 18.8 Å². The van der Waals surface area contributed by atoms with E-state index in [1.165, 1.54) is 0 Å². The molecule has 2 aromatic rings. The Kier molecular flexibility index (Phi) is 3.96. The molecule has 2 atom stereocenters. The van der Waals surface area contributed by atoms with E-state index >= 15 is 0 Å². The van der Waals surface area contributed by atoms with Crippen LogP contribution < -0.4 is 10.1 Å². The lowest BCUT2D eigenvalue weighted by atomic mass is 10.2. The summed E-state index contributed by atoms with van der Waals surface area (Å²) in [4.78, 5) is 12.5. The standard InChI is InChI=1S/C13H17N5O3/c1-8-16-12(21-18-8)10-4-3-9(20-10)7-15-13-14-6-5-11(17-13)19-2/h5-6,9-10H,3-4,7H2,1-2H3,(H,14,15,17)/t9-,10+/m1/s1. The largest absolute Gasteiger partial charge is 0.481 e. The van der Waals surface area contributed by atoms with Gasteiger partial charge in [0.1, 0.15) is 6.10 Å². The molecule has 0 amide bonds. The first kappa shape index (κ1) is 13.7. The molecule has 1 aliphatic rings. The molecular formula is C13H17N5O3. The molecule has 0 radical (unpaired) electrons. The molecule has 0 bridgehead atoms. The highest BCUT2D eigenvalue weighted by atomic mass is 16.5. The van der Waals surface area contributed by atoms with Gasteiger partial charge in [-0.05, 0) is 19.8 Å². The van der Waals surface area contributed by atoms with E-state index < -0.39 is 0 Å². The van der Waals surface area contributed by atoms with E-state index in [1.54, 1.807) is 26.3 Å². The average molecular weight is 291 g/mol. The predicted octanol–water partition coefficient (Wildman–Crippen LogP) is 1.51. The molecule has 0 saturated carbocycles. The van der Waals surface area contributed by atoms with Crippen molar-refractivity contribution in [2.75, 3.05) is 19.0 Å². The summed E-state index contributed by atoms with van der Waals surface area (Å²) in [6.07, 6.45) is 3.38. The number of nitrogens with one attached hydrogen (secondary N) is 1. The molecule has 1 saturated heterocycles. The summed E-state index contributed by atoms with van der Waals surface area (Å²) in [5, 5.41) is 6.93. The molecule has 0 aliphatic carbocycles. The molecule has 8 heteroatoms. The number of anilines is 1. The van der Waals surface area contributed by atoms with Crippen LogP contribution in [0.25, 0.3) is 0 Å². The molecule has 8 nitrogen and oxygen atoms in total. The molecule has 3 rings (SSSR count). The van der Waals surface area contributed by atoms with Crippen LogP contribution in [0.2, 0.25) is 0 Å². The van der Waals surface area contributed by atoms with Gasteiger partial charge in [0.25, 0.3) is 5.89 Å².